The van der Waals surface area contributed by atoms with Crippen LogP contribution in [0.4, 0.5) is 16.3 Å². The summed E-state index contributed by atoms with van der Waals surface area (Å²) >= 11 is 0. The second-order valence-corrected chi connectivity index (χ2v) is 14.6. The summed E-state index contributed by atoms with van der Waals surface area (Å²) in [5.41, 5.74) is 3.16. The number of anilines is 2. The number of nitrogens with one attached hydrogen (secondary N) is 2. The number of carbonyl (C=O) groups excluding carboxylic acids is 4. The normalized spacial score (nSPS) is 20.0. The molecule has 46 heavy (non-hydrogen) atoms. The van der Waals surface area contributed by atoms with Gasteiger partial charge in [-0.1, -0.05) is 57.2 Å². The molecule has 1 unspecified atom stereocenters. The van der Waals surface area contributed by atoms with Gasteiger partial charge in [0.1, 0.15) is 18.0 Å². The summed E-state index contributed by atoms with van der Waals surface area (Å²) in [5.74, 6) is -0.0198. The molecule has 4 amide bonds. The molecule has 2 atom stereocenters. The number of aromatic nitrogens is 1. The first kappa shape index (κ1) is 31.3. The lowest BCUT2D eigenvalue weighted by atomic mass is 9.79. The van der Waals surface area contributed by atoms with Crippen LogP contribution < -0.4 is 10.6 Å². The van der Waals surface area contributed by atoms with Gasteiger partial charge in [0.05, 0.1) is 11.5 Å². The molecule has 3 aliphatic rings. The van der Waals surface area contributed by atoms with Crippen molar-refractivity contribution in [2.45, 2.75) is 78.0 Å². The number of fused-ring (bicyclic) bond motifs is 4. The smallest absolute Gasteiger partial charge is 0.410 e. The van der Waals surface area contributed by atoms with Gasteiger partial charge >= 0.3 is 6.09 Å². The molecule has 0 saturated heterocycles. The lowest BCUT2D eigenvalue weighted by Crippen LogP contribution is -2.51. The van der Waals surface area contributed by atoms with Crippen molar-refractivity contribution in [2.24, 2.45) is 5.41 Å². The van der Waals surface area contributed by atoms with E-state index in [0.717, 1.165) is 27.8 Å². The van der Waals surface area contributed by atoms with E-state index < -0.39 is 28.6 Å². The Hall–Kier alpha value is -4.73. The summed E-state index contributed by atoms with van der Waals surface area (Å²) in [4.78, 5) is 61.5. The van der Waals surface area contributed by atoms with E-state index in [-0.39, 0.29) is 30.8 Å². The highest BCUT2D eigenvalue weighted by molar-refractivity contribution is 6.06. The van der Waals surface area contributed by atoms with Gasteiger partial charge in [0, 0.05) is 36.0 Å². The third kappa shape index (κ3) is 5.84. The van der Waals surface area contributed by atoms with E-state index in [4.69, 9.17) is 4.74 Å². The minimum atomic E-state index is -0.779. The highest BCUT2D eigenvalue weighted by Crippen LogP contribution is 2.47. The van der Waals surface area contributed by atoms with Crippen LogP contribution in [-0.4, -0.2) is 57.3 Å². The molecule has 10 heteroatoms. The monoisotopic (exact) mass is 623 g/mol. The molecule has 1 aliphatic carbocycles. The van der Waals surface area contributed by atoms with Crippen LogP contribution in [0.25, 0.3) is 0 Å². The van der Waals surface area contributed by atoms with E-state index >= 15 is 0 Å². The summed E-state index contributed by atoms with van der Waals surface area (Å²) in [6.45, 7) is 11.3. The predicted octanol–water partition coefficient (Wildman–Crippen LogP) is 5.38. The molecular formula is C36H41N5O5. The second kappa shape index (κ2) is 11.3. The highest BCUT2D eigenvalue weighted by Gasteiger charge is 2.51. The van der Waals surface area contributed by atoms with E-state index in [1.807, 2.05) is 96.1 Å². The summed E-state index contributed by atoms with van der Waals surface area (Å²) in [6.07, 6.45) is 2.27. The number of rotatable bonds is 4. The molecule has 6 rings (SSSR count). The molecule has 3 aromatic rings. The minimum absolute atomic E-state index is 0.0625. The summed E-state index contributed by atoms with van der Waals surface area (Å²) in [6, 6.07) is 16.7. The second-order valence-electron chi connectivity index (χ2n) is 14.6. The van der Waals surface area contributed by atoms with Gasteiger partial charge < -0.3 is 25.2 Å². The molecule has 0 radical (unpaired) electrons. The standard InChI is InChI=1S/C36H41N5O5/c1-34(2,3)32(44)41(28-20-40(33(45)46-35(4,5)6)19-23-10-7-8-11-26(23)28)21-29(42)38-25-14-13-22-17-36(18-24(22)16-25)27-12-9-15-37-30(27)39-31(36)43/h7-16,28H,17-21H2,1-6H3,(H,38,42)(H,37,39,43)/t28?,36-/m1/s1. The van der Waals surface area contributed by atoms with Gasteiger partial charge in [0.25, 0.3) is 0 Å². The number of amides is 4. The Morgan fingerprint density at radius 3 is 2.48 bits per heavy atom. The van der Waals surface area contributed by atoms with Gasteiger partial charge in [-0.2, -0.15) is 0 Å². The van der Waals surface area contributed by atoms with Crippen LogP contribution in [0.2, 0.25) is 0 Å². The van der Waals surface area contributed by atoms with Gasteiger partial charge in [0.2, 0.25) is 17.7 Å². The molecule has 1 aromatic heterocycles. The zero-order chi connectivity index (χ0) is 33.0. The maximum atomic E-state index is 14.0. The van der Waals surface area contributed by atoms with Crippen LogP contribution in [0.5, 0.6) is 0 Å². The van der Waals surface area contributed by atoms with E-state index in [1.165, 1.54) is 0 Å². The fraction of sp³-hybridized carbons (Fsp3) is 0.417. The van der Waals surface area contributed by atoms with E-state index in [2.05, 4.69) is 15.6 Å². The van der Waals surface area contributed by atoms with Crippen molar-refractivity contribution in [2.75, 3.05) is 23.7 Å². The number of nitrogens with zero attached hydrogens (tertiary/aromatic N) is 3. The average molecular weight is 624 g/mol. The van der Waals surface area contributed by atoms with Crippen LogP contribution in [0.3, 0.4) is 0 Å². The molecule has 2 N–H and O–H groups in total. The third-order valence-corrected chi connectivity index (χ3v) is 8.88. The Labute approximate surface area is 269 Å². The number of hydrogen-bond acceptors (Lipinski definition) is 6. The van der Waals surface area contributed by atoms with Gasteiger partial charge in [-0.25, -0.2) is 9.78 Å². The molecular weight excluding hydrogens is 582 g/mol. The molecule has 1 spiro atoms. The average Bonchev–Trinajstić information content (AvgIpc) is 3.50. The maximum absolute atomic E-state index is 14.0. The Bertz CT molecular complexity index is 1740. The minimum Gasteiger partial charge on any atom is -0.444 e. The van der Waals surface area contributed by atoms with Crippen molar-refractivity contribution in [3.8, 4) is 0 Å². The van der Waals surface area contributed by atoms with Gasteiger partial charge in [-0.05, 0) is 74.1 Å². The lowest BCUT2D eigenvalue weighted by molar-refractivity contribution is -0.145. The van der Waals surface area contributed by atoms with Crippen LogP contribution in [0.1, 0.15) is 75.4 Å². The van der Waals surface area contributed by atoms with Crippen molar-refractivity contribution >= 4 is 35.3 Å². The molecule has 0 bridgehead atoms. The maximum Gasteiger partial charge on any atom is 0.410 e. The van der Waals surface area contributed by atoms with Crippen molar-refractivity contribution in [3.05, 3.63) is 88.6 Å². The zero-order valence-electron chi connectivity index (χ0n) is 27.3. The first-order valence-electron chi connectivity index (χ1n) is 15.7. The number of ether oxygens (including phenoxy) is 1. The van der Waals surface area contributed by atoms with Crippen LogP contribution in [0, 0.1) is 5.41 Å². The van der Waals surface area contributed by atoms with Gasteiger partial charge in [-0.15, -0.1) is 0 Å². The summed E-state index contributed by atoms with van der Waals surface area (Å²) < 4.78 is 5.68. The van der Waals surface area contributed by atoms with Crippen molar-refractivity contribution < 1.29 is 23.9 Å². The van der Waals surface area contributed by atoms with E-state index in [0.29, 0.717) is 30.9 Å². The van der Waals surface area contributed by atoms with E-state index in [9.17, 15) is 19.2 Å². The van der Waals surface area contributed by atoms with Gasteiger partial charge in [0.15, 0.2) is 0 Å². The zero-order valence-corrected chi connectivity index (χ0v) is 27.3. The molecule has 240 valence electrons. The first-order chi connectivity index (χ1) is 21.6. The number of benzene rings is 2. The lowest BCUT2D eigenvalue weighted by Gasteiger charge is -2.42. The molecule has 0 saturated carbocycles. The number of hydrogen-bond donors (Lipinski definition) is 2. The van der Waals surface area contributed by atoms with Crippen LogP contribution >= 0.6 is 0 Å². The molecule has 2 aromatic carbocycles. The highest BCUT2D eigenvalue weighted by atomic mass is 16.6. The van der Waals surface area contributed by atoms with Crippen molar-refractivity contribution in [1.82, 2.24) is 14.8 Å². The van der Waals surface area contributed by atoms with Crippen LogP contribution in [0.15, 0.2) is 60.8 Å². The SMILES string of the molecule is CC(C)(C)OC(=O)N1Cc2ccccc2C(N(CC(=O)Nc2ccc3c(c2)C[C@@]2(C3)C(=O)Nc3ncccc32)C(=O)C(C)(C)C)C1. The predicted molar refractivity (Wildman–Crippen MR) is 174 cm³/mol. The Morgan fingerprint density at radius 2 is 1.74 bits per heavy atom. The fourth-order valence-corrected chi connectivity index (χ4v) is 6.77. The quantitative estimate of drug-likeness (QED) is 0.403. The largest absolute Gasteiger partial charge is 0.444 e. The molecule has 2 aliphatic heterocycles. The van der Waals surface area contributed by atoms with Crippen molar-refractivity contribution in [3.63, 3.8) is 0 Å². The fourth-order valence-electron chi connectivity index (χ4n) is 6.77. The summed E-state index contributed by atoms with van der Waals surface area (Å²) in [7, 11) is 0. The molecule has 0 fully saturated rings. The molecule has 3 heterocycles. The van der Waals surface area contributed by atoms with E-state index in [1.54, 1.807) is 16.0 Å². The summed E-state index contributed by atoms with van der Waals surface area (Å²) in [5, 5.41) is 5.92. The third-order valence-electron chi connectivity index (χ3n) is 8.88. The van der Waals surface area contributed by atoms with Crippen LogP contribution in [-0.2, 0) is 43.9 Å². The Morgan fingerprint density at radius 1 is 1.00 bits per heavy atom. The Balaban J connectivity index is 1.24. The molecule has 10 nitrogen and oxygen atoms in total. The topological polar surface area (TPSA) is 121 Å². The number of carbonyl (C=O) groups is 4. The number of pyridine rings is 1. The first-order valence-corrected chi connectivity index (χ1v) is 15.7. The van der Waals surface area contributed by atoms with Gasteiger partial charge in [-0.3, -0.25) is 14.4 Å². The Kier molecular flexibility index (Phi) is 7.65. The van der Waals surface area contributed by atoms with Crippen molar-refractivity contribution in [1.29, 1.82) is 0 Å².